The van der Waals surface area contributed by atoms with E-state index in [1.807, 2.05) is 56.5 Å². The van der Waals surface area contributed by atoms with Gasteiger partial charge in [-0.1, -0.05) is 41.6 Å². The molecule has 1 atom stereocenters. The Kier molecular flexibility index (Phi) is 5.90. The first-order valence-electron chi connectivity index (χ1n) is 7.92. The Bertz CT molecular complexity index is 924. The lowest BCUT2D eigenvalue weighted by molar-refractivity contribution is -0.115. The van der Waals surface area contributed by atoms with Crippen molar-refractivity contribution in [2.24, 2.45) is 0 Å². The Morgan fingerprint density at radius 3 is 2.58 bits per heavy atom. The summed E-state index contributed by atoms with van der Waals surface area (Å²) in [7, 11) is 0. The van der Waals surface area contributed by atoms with Crippen LogP contribution in [-0.2, 0) is 4.79 Å². The van der Waals surface area contributed by atoms with Crippen LogP contribution in [0.2, 0.25) is 5.02 Å². The fraction of sp³-hybridized carbons (Fsp3) is 0.222. The monoisotopic (exact) mass is 404 g/mol. The summed E-state index contributed by atoms with van der Waals surface area (Å²) < 4.78 is 0. The molecule has 134 valence electrons. The molecule has 0 aliphatic carbocycles. The predicted molar refractivity (Wildman–Crippen MR) is 108 cm³/mol. The number of carbonyl (C=O) groups is 1. The van der Waals surface area contributed by atoms with Crippen LogP contribution in [0.15, 0.2) is 40.9 Å². The minimum absolute atomic E-state index is 0.141. The van der Waals surface area contributed by atoms with Gasteiger partial charge in [-0.25, -0.2) is 15.0 Å². The van der Waals surface area contributed by atoms with E-state index in [1.165, 1.54) is 23.1 Å². The van der Waals surface area contributed by atoms with Gasteiger partial charge in [0.2, 0.25) is 5.91 Å². The molecule has 0 aliphatic rings. The number of halogens is 1. The molecule has 0 fully saturated rings. The van der Waals surface area contributed by atoms with Gasteiger partial charge in [-0.2, -0.15) is 0 Å². The molecule has 0 radical (unpaired) electrons. The van der Waals surface area contributed by atoms with Gasteiger partial charge in [0, 0.05) is 27.4 Å². The molecule has 2 heterocycles. The van der Waals surface area contributed by atoms with Crippen LogP contribution in [0.4, 0.5) is 5.13 Å². The van der Waals surface area contributed by atoms with Crippen LogP contribution in [-0.4, -0.2) is 26.1 Å². The number of nitrogens with one attached hydrogen (secondary N) is 1. The van der Waals surface area contributed by atoms with Crippen molar-refractivity contribution in [3.63, 3.8) is 0 Å². The Balaban J connectivity index is 1.67. The zero-order chi connectivity index (χ0) is 18.7. The zero-order valence-corrected chi connectivity index (χ0v) is 16.9. The number of anilines is 1. The molecule has 1 N–H and O–H groups in total. The van der Waals surface area contributed by atoms with E-state index in [1.54, 1.807) is 0 Å². The van der Waals surface area contributed by atoms with Gasteiger partial charge >= 0.3 is 0 Å². The summed E-state index contributed by atoms with van der Waals surface area (Å²) in [5.74, 6) is -0.141. The van der Waals surface area contributed by atoms with Crippen molar-refractivity contribution in [1.29, 1.82) is 0 Å². The van der Waals surface area contributed by atoms with Crippen molar-refractivity contribution in [2.75, 3.05) is 5.32 Å². The Hall–Kier alpha value is -1.96. The number of aromatic nitrogens is 3. The number of rotatable bonds is 5. The van der Waals surface area contributed by atoms with Gasteiger partial charge in [0.25, 0.3) is 0 Å². The number of thiazole rings is 1. The Morgan fingerprint density at radius 2 is 1.88 bits per heavy atom. The summed E-state index contributed by atoms with van der Waals surface area (Å²) in [5, 5.41) is 6.15. The molecule has 3 rings (SSSR count). The average Bonchev–Trinajstić information content (AvgIpc) is 3.02. The molecule has 0 saturated carbocycles. The van der Waals surface area contributed by atoms with E-state index >= 15 is 0 Å². The lowest BCUT2D eigenvalue weighted by Gasteiger charge is -2.10. The molecule has 0 aliphatic heterocycles. The maximum Gasteiger partial charge on any atom is 0.239 e. The molecule has 1 aromatic carbocycles. The van der Waals surface area contributed by atoms with Gasteiger partial charge in [-0.15, -0.1) is 11.3 Å². The second kappa shape index (κ2) is 8.16. The van der Waals surface area contributed by atoms with Crippen LogP contribution >= 0.6 is 34.7 Å². The van der Waals surface area contributed by atoms with E-state index in [2.05, 4.69) is 20.3 Å². The number of hydrogen-bond donors (Lipinski definition) is 1. The van der Waals surface area contributed by atoms with Crippen LogP contribution in [0.3, 0.4) is 0 Å². The Morgan fingerprint density at radius 1 is 1.19 bits per heavy atom. The second-order valence-corrected chi connectivity index (χ2v) is 8.27. The van der Waals surface area contributed by atoms with Gasteiger partial charge in [0.05, 0.1) is 10.9 Å². The first-order chi connectivity index (χ1) is 12.4. The van der Waals surface area contributed by atoms with Crippen molar-refractivity contribution in [2.45, 2.75) is 31.2 Å². The van der Waals surface area contributed by atoms with E-state index in [9.17, 15) is 4.79 Å². The molecule has 8 heteroatoms. The minimum atomic E-state index is -0.344. The predicted octanol–water partition coefficient (Wildman–Crippen LogP) is 4.99. The molecule has 3 aromatic rings. The minimum Gasteiger partial charge on any atom is -0.301 e. The third-order valence-electron chi connectivity index (χ3n) is 3.50. The van der Waals surface area contributed by atoms with Crippen molar-refractivity contribution < 1.29 is 4.79 Å². The topological polar surface area (TPSA) is 67.8 Å². The van der Waals surface area contributed by atoms with Crippen molar-refractivity contribution in [3.8, 4) is 11.3 Å². The SMILES string of the molecule is Cc1cc(C)nc(SC(C)C(=O)Nc2nc(-c3ccccc3Cl)cs2)n1. The largest absolute Gasteiger partial charge is 0.301 e. The highest BCUT2D eigenvalue weighted by atomic mass is 35.5. The van der Waals surface area contributed by atoms with E-state index in [0.717, 1.165) is 22.6 Å². The smallest absolute Gasteiger partial charge is 0.239 e. The van der Waals surface area contributed by atoms with Crippen LogP contribution in [0, 0.1) is 13.8 Å². The quantitative estimate of drug-likeness (QED) is 0.479. The van der Waals surface area contributed by atoms with Crippen LogP contribution < -0.4 is 5.32 Å². The summed E-state index contributed by atoms with van der Waals surface area (Å²) in [6.45, 7) is 5.65. The van der Waals surface area contributed by atoms with Gasteiger partial charge in [-0.3, -0.25) is 4.79 Å². The van der Waals surface area contributed by atoms with E-state index in [4.69, 9.17) is 11.6 Å². The Labute approximate surface area is 165 Å². The standard InChI is InChI=1S/C18H17ClN4OS2/c1-10-8-11(2)21-18(20-10)26-12(3)16(24)23-17-22-15(9-25-17)13-6-4-5-7-14(13)19/h4-9,12H,1-3H3,(H,22,23,24). The molecule has 0 saturated heterocycles. The molecule has 0 bridgehead atoms. The van der Waals surface area contributed by atoms with Gasteiger partial charge in [-0.05, 0) is 32.9 Å². The molecule has 5 nitrogen and oxygen atoms in total. The van der Waals surface area contributed by atoms with Crippen molar-refractivity contribution in [3.05, 3.63) is 52.1 Å². The first-order valence-corrected chi connectivity index (χ1v) is 10.1. The lowest BCUT2D eigenvalue weighted by atomic mass is 10.2. The van der Waals surface area contributed by atoms with Crippen molar-refractivity contribution in [1.82, 2.24) is 15.0 Å². The number of nitrogens with zero attached hydrogens (tertiary/aromatic N) is 3. The normalized spacial score (nSPS) is 12.0. The van der Waals surface area contributed by atoms with Crippen LogP contribution in [0.25, 0.3) is 11.3 Å². The average molecular weight is 405 g/mol. The van der Waals surface area contributed by atoms with Crippen LogP contribution in [0.1, 0.15) is 18.3 Å². The molecule has 2 aromatic heterocycles. The molecule has 26 heavy (non-hydrogen) atoms. The second-order valence-electron chi connectivity index (χ2n) is 5.70. The fourth-order valence-electron chi connectivity index (χ4n) is 2.29. The highest BCUT2D eigenvalue weighted by Gasteiger charge is 2.18. The van der Waals surface area contributed by atoms with E-state index in [-0.39, 0.29) is 11.2 Å². The summed E-state index contributed by atoms with van der Waals surface area (Å²) in [6, 6.07) is 9.40. The number of aryl methyl sites for hydroxylation is 2. The molecule has 1 amide bonds. The summed E-state index contributed by atoms with van der Waals surface area (Å²) in [6.07, 6.45) is 0. The lowest BCUT2D eigenvalue weighted by Crippen LogP contribution is -2.22. The highest BCUT2D eigenvalue weighted by Crippen LogP contribution is 2.30. The number of benzene rings is 1. The number of hydrogen-bond acceptors (Lipinski definition) is 6. The summed E-state index contributed by atoms with van der Waals surface area (Å²) in [5.41, 5.74) is 3.36. The zero-order valence-electron chi connectivity index (χ0n) is 14.5. The summed E-state index contributed by atoms with van der Waals surface area (Å²) >= 11 is 8.89. The van der Waals surface area contributed by atoms with E-state index < -0.39 is 0 Å². The van der Waals surface area contributed by atoms with Crippen LogP contribution in [0.5, 0.6) is 0 Å². The third-order valence-corrected chi connectivity index (χ3v) is 5.55. The maximum absolute atomic E-state index is 12.5. The number of amides is 1. The highest BCUT2D eigenvalue weighted by molar-refractivity contribution is 8.00. The van der Waals surface area contributed by atoms with Gasteiger partial charge < -0.3 is 5.32 Å². The summed E-state index contributed by atoms with van der Waals surface area (Å²) in [4.78, 5) is 25.6. The van der Waals surface area contributed by atoms with Gasteiger partial charge in [0.15, 0.2) is 10.3 Å². The fourth-order valence-corrected chi connectivity index (χ4v) is 4.11. The third kappa shape index (κ3) is 4.60. The van der Waals surface area contributed by atoms with Crippen molar-refractivity contribution >= 4 is 45.7 Å². The molecule has 0 spiro atoms. The molecular formula is C18H17ClN4OS2. The maximum atomic E-state index is 12.5. The van der Waals surface area contributed by atoms with Gasteiger partial charge in [0.1, 0.15) is 0 Å². The van der Waals surface area contributed by atoms with E-state index in [0.29, 0.717) is 15.3 Å². The molecular weight excluding hydrogens is 388 g/mol. The number of carbonyl (C=O) groups excluding carboxylic acids is 1. The number of thioether (sulfide) groups is 1. The molecule has 1 unspecified atom stereocenters. The first kappa shape index (κ1) is 18.8.